The zero-order valence-electron chi connectivity index (χ0n) is 17.0. The Morgan fingerprint density at radius 2 is 1.82 bits per heavy atom. The first-order chi connectivity index (χ1) is 13.4. The molecule has 4 nitrogen and oxygen atoms in total. The van der Waals surface area contributed by atoms with E-state index in [2.05, 4.69) is 6.58 Å². The fraction of sp³-hybridized carbons (Fsp3) is 0.458. The largest absolute Gasteiger partial charge is 0.500 e. The van der Waals surface area contributed by atoms with Gasteiger partial charge in [-0.15, -0.1) is 0 Å². The van der Waals surface area contributed by atoms with E-state index in [1.165, 1.54) is 7.11 Å². The first-order valence-electron chi connectivity index (χ1n) is 10.1. The summed E-state index contributed by atoms with van der Waals surface area (Å²) in [4.78, 5) is 41.4. The molecule has 1 aromatic rings. The molecule has 2 aliphatic carbocycles. The van der Waals surface area contributed by atoms with Crippen molar-refractivity contribution in [2.24, 2.45) is 10.8 Å². The Morgan fingerprint density at radius 1 is 1.14 bits per heavy atom. The third-order valence-corrected chi connectivity index (χ3v) is 6.24. The van der Waals surface area contributed by atoms with Crippen LogP contribution in [0.25, 0.3) is 0 Å². The molecule has 2 aliphatic rings. The van der Waals surface area contributed by atoms with Crippen molar-refractivity contribution in [1.29, 1.82) is 0 Å². The van der Waals surface area contributed by atoms with Crippen LogP contribution in [0.15, 0.2) is 53.8 Å². The molecule has 0 heterocycles. The minimum absolute atomic E-state index is 0.339. The quantitative estimate of drug-likeness (QED) is 0.386. The average molecular weight is 380 g/mol. The zero-order chi connectivity index (χ0) is 20.5. The number of hydrogen-bond donors (Lipinski definition) is 0. The fourth-order valence-electron chi connectivity index (χ4n) is 5.03. The Labute approximate surface area is 166 Å². The Balaban J connectivity index is 2.33. The zero-order valence-corrected chi connectivity index (χ0v) is 17.0. The van der Waals surface area contributed by atoms with E-state index in [0.29, 0.717) is 48.2 Å². The van der Waals surface area contributed by atoms with Gasteiger partial charge >= 0.3 is 0 Å². The maximum atomic E-state index is 14.0. The molecule has 28 heavy (non-hydrogen) atoms. The van der Waals surface area contributed by atoms with Crippen LogP contribution >= 0.6 is 0 Å². The molecule has 0 radical (unpaired) electrons. The van der Waals surface area contributed by atoms with Gasteiger partial charge in [-0.1, -0.05) is 63.6 Å². The molecule has 2 bridgehead atoms. The van der Waals surface area contributed by atoms with Crippen LogP contribution in [0.5, 0.6) is 0 Å². The van der Waals surface area contributed by atoms with E-state index in [-0.39, 0.29) is 5.78 Å². The van der Waals surface area contributed by atoms with E-state index in [9.17, 15) is 14.4 Å². The van der Waals surface area contributed by atoms with Crippen molar-refractivity contribution in [1.82, 2.24) is 0 Å². The van der Waals surface area contributed by atoms with Gasteiger partial charge in [0.1, 0.15) is 5.76 Å². The van der Waals surface area contributed by atoms with Gasteiger partial charge in [-0.2, -0.15) is 0 Å². The molecule has 0 unspecified atom stereocenters. The lowest BCUT2D eigenvalue weighted by Crippen LogP contribution is -2.61. The molecule has 0 spiro atoms. The minimum atomic E-state index is -1.82. The number of fused-ring (bicyclic) bond motifs is 2. The summed E-state index contributed by atoms with van der Waals surface area (Å²) in [5.74, 6) is -0.734. The van der Waals surface area contributed by atoms with Crippen LogP contribution in [0.4, 0.5) is 0 Å². The van der Waals surface area contributed by atoms with Gasteiger partial charge in [0.25, 0.3) is 0 Å². The second-order valence-electron chi connectivity index (χ2n) is 7.80. The number of allylic oxidation sites excluding steroid dienone is 3. The molecule has 1 fully saturated rings. The number of carbonyl (C=O) groups excluding carboxylic acids is 3. The van der Waals surface area contributed by atoms with Gasteiger partial charge in [-0.05, 0) is 31.3 Å². The highest BCUT2D eigenvalue weighted by Crippen LogP contribution is 2.59. The van der Waals surface area contributed by atoms with Crippen molar-refractivity contribution in [2.45, 2.75) is 52.4 Å². The number of ketones is 3. The van der Waals surface area contributed by atoms with E-state index in [1.807, 2.05) is 19.9 Å². The number of Topliss-reactive ketones (excluding diaryl/α,β-unsaturated/α-hetero) is 3. The smallest absolute Gasteiger partial charge is 0.188 e. The molecule has 0 aliphatic heterocycles. The fourth-order valence-corrected chi connectivity index (χ4v) is 5.03. The third kappa shape index (κ3) is 2.54. The molecule has 0 amide bonds. The third-order valence-electron chi connectivity index (χ3n) is 6.24. The second-order valence-corrected chi connectivity index (χ2v) is 7.80. The number of ether oxygens (including phenoxy) is 1. The summed E-state index contributed by atoms with van der Waals surface area (Å²) >= 11 is 0. The second kappa shape index (κ2) is 7.50. The normalized spacial score (nSPS) is 27.2. The van der Waals surface area contributed by atoms with E-state index >= 15 is 0 Å². The Kier molecular flexibility index (Phi) is 5.42. The topological polar surface area (TPSA) is 60.4 Å². The Morgan fingerprint density at radius 3 is 2.39 bits per heavy atom. The van der Waals surface area contributed by atoms with Crippen molar-refractivity contribution < 1.29 is 19.1 Å². The predicted molar refractivity (Wildman–Crippen MR) is 108 cm³/mol. The van der Waals surface area contributed by atoms with Crippen molar-refractivity contribution in [3.8, 4) is 0 Å². The molecule has 0 aromatic heterocycles. The first kappa shape index (κ1) is 20.2. The highest BCUT2D eigenvalue weighted by molar-refractivity contribution is 6.37. The number of carbonyl (C=O) groups is 3. The van der Waals surface area contributed by atoms with Gasteiger partial charge in [0.15, 0.2) is 22.8 Å². The number of methoxy groups -OCH3 is 1. The van der Waals surface area contributed by atoms with Crippen molar-refractivity contribution in [3.63, 3.8) is 0 Å². The van der Waals surface area contributed by atoms with E-state index < -0.39 is 22.4 Å². The highest BCUT2D eigenvalue weighted by atomic mass is 16.5. The molecule has 3 rings (SSSR count). The van der Waals surface area contributed by atoms with Crippen molar-refractivity contribution in [2.75, 3.05) is 7.11 Å². The van der Waals surface area contributed by atoms with Gasteiger partial charge < -0.3 is 4.74 Å². The van der Waals surface area contributed by atoms with Crippen LogP contribution in [-0.2, 0) is 14.3 Å². The van der Waals surface area contributed by atoms with Crippen molar-refractivity contribution >= 4 is 17.3 Å². The van der Waals surface area contributed by atoms with Crippen LogP contribution in [0.3, 0.4) is 0 Å². The predicted octanol–water partition coefficient (Wildman–Crippen LogP) is 4.84. The average Bonchev–Trinajstić information content (AvgIpc) is 2.70. The van der Waals surface area contributed by atoms with Crippen LogP contribution in [0.1, 0.15) is 62.7 Å². The van der Waals surface area contributed by atoms with Crippen molar-refractivity contribution in [3.05, 3.63) is 59.4 Å². The summed E-state index contributed by atoms with van der Waals surface area (Å²) in [5, 5.41) is 0. The van der Waals surface area contributed by atoms with Crippen LogP contribution < -0.4 is 0 Å². The van der Waals surface area contributed by atoms with Gasteiger partial charge in [-0.3, -0.25) is 14.4 Å². The van der Waals surface area contributed by atoms with Crippen LogP contribution in [-0.4, -0.2) is 24.5 Å². The summed E-state index contributed by atoms with van der Waals surface area (Å²) in [6, 6.07) is 8.62. The van der Waals surface area contributed by atoms with Gasteiger partial charge in [0.05, 0.1) is 12.5 Å². The van der Waals surface area contributed by atoms with Gasteiger partial charge in [-0.25, -0.2) is 0 Å². The molecule has 0 saturated heterocycles. The lowest BCUT2D eigenvalue weighted by atomic mass is 9.49. The van der Waals surface area contributed by atoms with E-state index in [0.717, 1.165) is 12.8 Å². The standard InChI is InChI=1S/C24H28O4/c1-5-10-18-20(26)24(19(25)17-11-8-7-9-12-17)16(3)13-15-23(14-6-2,22(24)27)21(18)28-4/h7-9,11-12H,3,5-6,10,13-15H2,1-2,4H3/t23-,24-/m1/s1. The molecule has 4 heteroatoms. The molecule has 2 atom stereocenters. The van der Waals surface area contributed by atoms with E-state index in [4.69, 9.17) is 4.74 Å². The highest BCUT2D eigenvalue weighted by Gasteiger charge is 2.68. The maximum absolute atomic E-state index is 14.0. The lowest BCUT2D eigenvalue weighted by Gasteiger charge is -2.50. The molecule has 1 saturated carbocycles. The molecular weight excluding hydrogens is 352 g/mol. The van der Waals surface area contributed by atoms with Gasteiger partial charge in [0, 0.05) is 11.1 Å². The minimum Gasteiger partial charge on any atom is -0.500 e. The molecule has 1 aromatic carbocycles. The summed E-state index contributed by atoms with van der Waals surface area (Å²) in [6.07, 6.45) is 3.53. The lowest BCUT2D eigenvalue weighted by molar-refractivity contribution is -0.146. The number of benzene rings is 1. The van der Waals surface area contributed by atoms with E-state index in [1.54, 1.807) is 24.3 Å². The molecule has 0 N–H and O–H groups in total. The monoisotopic (exact) mass is 380 g/mol. The Bertz CT molecular complexity index is 864. The first-order valence-corrected chi connectivity index (χ1v) is 10.1. The summed E-state index contributed by atoms with van der Waals surface area (Å²) in [7, 11) is 1.53. The molecule has 148 valence electrons. The summed E-state index contributed by atoms with van der Waals surface area (Å²) in [5.41, 5.74) is -1.46. The van der Waals surface area contributed by atoms with Crippen LogP contribution in [0, 0.1) is 10.8 Å². The number of hydrogen-bond acceptors (Lipinski definition) is 4. The SMILES string of the molecule is C=C1CC[C@@]2(CCC)C(=O)[C@]1(C(=O)c1ccccc1)C(=O)C(CCC)=C2OC. The number of rotatable bonds is 7. The Hall–Kier alpha value is -2.49. The summed E-state index contributed by atoms with van der Waals surface area (Å²) < 4.78 is 5.70. The van der Waals surface area contributed by atoms with Gasteiger partial charge in [0.2, 0.25) is 0 Å². The summed E-state index contributed by atoms with van der Waals surface area (Å²) in [6.45, 7) is 8.05. The maximum Gasteiger partial charge on any atom is 0.188 e. The molecular formula is C24H28O4. The van der Waals surface area contributed by atoms with Crippen LogP contribution in [0.2, 0.25) is 0 Å².